The van der Waals surface area contributed by atoms with Gasteiger partial charge in [0.05, 0.1) is 6.10 Å². The molecule has 0 saturated carbocycles. The summed E-state index contributed by atoms with van der Waals surface area (Å²) in [6.45, 7) is 0. The van der Waals surface area contributed by atoms with Crippen molar-refractivity contribution >= 4 is 16.4 Å². The number of aliphatic hydroxyl groups is 2. The quantitative estimate of drug-likeness (QED) is 0.410. The summed E-state index contributed by atoms with van der Waals surface area (Å²) in [5.41, 5.74) is 0. The highest BCUT2D eigenvalue weighted by atomic mass is 32.3. The molecule has 4 N–H and O–H groups in total. The van der Waals surface area contributed by atoms with Gasteiger partial charge in [-0.05, 0) is 0 Å². The lowest BCUT2D eigenvalue weighted by Crippen LogP contribution is -2.52. The van der Waals surface area contributed by atoms with Gasteiger partial charge >= 0.3 is 16.4 Å². The van der Waals surface area contributed by atoms with Gasteiger partial charge in [0, 0.05) is 6.42 Å². The van der Waals surface area contributed by atoms with E-state index in [9.17, 15) is 23.4 Å². The van der Waals surface area contributed by atoms with E-state index >= 15 is 0 Å². The molecule has 0 spiro atoms. The fourth-order valence-corrected chi connectivity index (χ4v) is 1.76. The van der Waals surface area contributed by atoms with Crippen LogP contribution in [0, 0.1) is 0 Å². The van der Waals surface area contributed by atoms with Gasteiger partial charge in [-0.2, -0.15) is 8.42 Å². The Labute approximate surface area is 90.2 Å². The Morgan fingerprint density at radius 1 is 1.38 bits per heavy atom. The van der Waals surface area contributed by atoms with E-state index in [1.54, 1.807) is 0 Å². The van der Waals surface area contributed by atoms with Crippen molar-refractivity contribution in [2.45, 2.75) is 31.0 Å². The third-order valence-electron chi connectivity index (χ3n) is 1.93. The van der Waals surface area contributed by atoms with Crippen molar-refractivity contribution in [2.75, 3.05) is 0 Å². The minimum absolute atomic E-state index is 0.466. The van der Waals surface area contributed by atoms with E-state index in [0.29, 0.717) is 0 Å². The number of carbonyl (C=O) groups is 1. The lowest BCUT2D eigenvalue weighted by Gasteiger charge is -2.33. The first-order valence-corrected chi connectivity index (χ1v) is 5.47. The smallest absolute Gasteiger partial charge is 0.397 e. The molecule has 1 rings (SSSR count). The molecule has 94 valence electrons. The second-order valence-corrected chi connectivity index (χ2v) is 4.19. The molecule has 0 unspecified atom stereocenters. The molecule has 0 bridgehead atoms. The molecule has 1 saturated heterocycles. The van der Waals surface area contributed by atoms with Gasteiger partial charge in [0.15, 0.2) is 18.5 Å². The maximum atomic E-state index is 10.5. The molecule has 0 aromatic carbocycles. The van der Waals surface area contributed by atoms with E-state index < -0.39 is 47.4 Å². The number of aliphatic hydroxyl groups excluding tert-OH is 2. The molecule has 1 fully saturated rings. The first-order valence-electron chi connectivity index (χ1n) is 4.11. The second kappa shape index (κ2) is 4.61. The molecule has 0 amide bonds. The van der Waals surface area contributed by atoms with Gasteiger partial charge < -0.3 is 20.1 Å². The van der Waals surface area contributed by atoms with Crippen LogP contribution in [0.1, 0.15) is 6.42 Å². The van der Waals surface area contributed by atoms with Crippen LogP contribution < -0.4 is 0 Å². The second-order valence-electron chi connectivity index (χ2n) is 3.15. The van der Waals surface area contributed by atoms with Crippen LogP contribution in [0.2, 0.25) is 0 Å². The summed E-state index contributed by atoms with van der Waals surface area (Å²) < 4.78 is 37.4. The van der Waals surface area contributed by atoms with E-state index in [0.717, 1.165) is 0 Å². The summed E-state index contributed by atoms with van der Waals surface area (Å²) in [4.78, 5) is 10.5. The standard InChI is InChI=1S/C6H10O9S/c7-2-1-3(5(8)9)14-6(10)4(2)15-16(11,12)13/h2-4,6-7,10H,1H2,(H,8,9)(H,11,12,13)/t2-,3+,4+,6-/m0/s1. The van der Waals surface area contributed by atoms with Crippen molar-refractivity contribution in [3.63, 3.8) is 0 Å². The zero-order valence-electron chi connectivity index (χ0n) is 7.75. The van der Waals surface area contributed by atoms with Crippen LogP contribution in [-0.2, 0) is 24.1 Å². The Balaban J connectivity index is 2.73. The number of rotatable bonds is 3. The number of carboxylic acids is 1. The molecule has 10 heteroatoms. The summed E-state index contributed by atoms with van der Waals surface area (Å²) in [6.07, 6.45) is -7.25. The highest BCUT2D eigenvalue weighted by Gasteiger charge is 2.42. The van der Waals surface area contributed by atoms with E-state index in [-0.39, 0.29) is 0 Å². The average Bonchev–Trinajstić information content (AvgIpc) is 2.09. The summed E-state index contributed by atoms with van der Waals surface area (Å²) in [6, 6.07) is 0. The van der Waals surface area contributed by atoms with Crippen LogP contribution in [0.3, 0.4) is 0 Å². The largest absolute Gasteiger partial charge is 0.479 e. The summed E-state index contributed by atoms with van der Waals surface area (Å²) in [5, 5.41) is 27.0. The monoisotopic (exact) mass is 258 g/mol. The SMILES string of the molecule is O=C(O)[C@H]1C[C@H](O)[C@@H](OS(=O)(=O)O)[C@@H](O)O1. The van der Waals surface area contributed by atoms with Crippen molar-refractivity contribution in [1.29, 1.82) is 0 Å². The van der Waals surface area contributed by atoms with Gasteiger partial charge in [0.2, 0.25) is 0 Å². The molecular weight excluding hydrogens is 248 g/mol. The maximum Gasteiger partial charge on any atom is 0.397 e. The Hall–Kier alpha value is -0.780. The Morgan fingerprint density at radius 2 is 1.94 bits per heavy atom. The highest BCUT2D eigenvalue weighted by Crippen LogP contribution is 2.22. The Morgan fingerprint density at radius 3 is 2.31 bits per heavy atom. The number of ether oxygens (including phenoxy) is 1. The zero-order chi connectivity index (χ0) is 12.5. The van der Waals surface area contributed by atoms with E-state index in [1.807, 2.05) is 0 Å². The highest BCUT2D eigenvalue weighted by molar-refractivity contribution is 7.80. The van der Waals surface area contributed by atoms with Crippen LogP contribution in [0.15, 0.2) is 0 Å². The predicted molar refractivity (Wildman–Crippen MR) is 45.6 cm³/mol. The van der Waals surface area contributed by atoms with Gasteiger partial charge in [-0.3, -0.25) is 4.55 Å². The van der Waals surface area contributed by atoms with Crippen molar-refractivity contribution in [1.82, 2.24) is 0 Å². The third-order valence-corrected chi connectivity index (χ3v) is 2.39. The summed E-state index contributed by atoms with van der Waals surface area (Å²) >= 11 is 0. The molecule has 1 aliphatic rings. The van der Waals surface area contributed by atoms with Crippen molar-refractivity contribution < 1.29 is 42.0 Å². The minimum Gasteiger partial charge on any atom is -0.479 e. The van der Waals surface area contributed by atoms with Crippen LogP contribution in [-0.4, -0.2) is 58.9 Å². The molecular formula is C6H10O9S. The van der Waals surface area contributed by atoms with Gasteiger partial charge in [-0.1, -0.05) is 0 Å². The summed E-state index contributed by atoms with van der Waals surface area (Å²) in [7, 11) is -4.87. The molecule has 0 aromatic rings. The number of aliphatic carboxylic acids is 1. The van der Waals surface area contributed by atoms with E-state index in [2.05, 4.69) is 8.92 Å². The third kappa shape index (κ3) is 3.37. The fraction of sp³-hybridized carbons (Fsp3) is 0.833. The minimum atomic E-state index is -4.87. The molecule has 0 radical (unpaired) electrons. The first kappa shape index (κ1) is 13.3. The van der Waals surface area contributed by atoms with Gasteiger partial charge in [-0.25, -0.2) is 8.98 Å². The molecule has 9 nitrogen and oxygen atoms in total. The maximum absolute atomic E-state index is 10.5. The molecule has 0 aliphatic carbocycles. The molecule has 1 aliphatic heterocycles. The zero-order valence-corrected chi connectivity index (χ0v) is 8.57. The Kier molecular flexibility index (Phi) is 3.83. The van der Waals surface area contributed by atoms with Crippen molar-refractivity contribution in [2.24, 2.45) is 0 Å². The van der Waals surface area contributed by atoms with E-state index in [4.69, 9.17) is 9.66 Å². The van der Waals surface area contributed by atoms with Crippen LogP contribution >= 0.6 is 0 Å². The van der Waals surface area contributed by atoms with Gasteiger partial charge in [0.25, 0.3) is 0 Å². The first-order chi connectivity index (χ1) is 7.20. The number of carboxylic acid groups (broad SMARTS) is 1. The van der Waals surface area contributed by atoms with Crippen LogP contribution in [0.25, 0.3) is 0 Å². The lowest BCUT2D eigenvalue weighted by molar-refractivity contribution is -0.242. The van der Waals surface area contributed by atoms with Crippen molar-refractivity contribution in [3.8, 4) is 0 Å². The number of hydrogen-bond donors (Lipinski definition) is 4. The lowest BCUT2D eigenvalue weighted by atomic mass is 10.0. The molecule has 16 heavy (non-hydrogen) atoms. The predicted octanol–water partition coefficient (Wildman–Crippen LogP) is -2.27. The topological polar surface area (TPSA) is 151 Å². The van der Waals surface area contributed by atoms with Gasteiger partial charge in [-0.15, -0.1) is 0 Å². The van der Waals surface area contributed by atoms with Crippen LogP contribution in [0.5, 0.6) is 0 Å². The molecule has 0 aromatic heterocycles. The summed E-state index contributed by atoms with van der Waals surface area (Å²) in [5.74, 6) is -1.41. The van der Waals surface area contributed by atoms with E-state index in [1.165, 1.54) is 0 Å². The normalized spacial score (nSPS) is 35.9. The molecule has 1 heterocycles. The van der Waals surface area contributed by atoms with Gasteiger partial charge in [0.1, 0.15) is 0 Å². The average molecular weight is 258 g/mol. The van der Waals surface area contributed by atoms with Crippen molar-refractivity contribution in [3.05, 3.63) is 0 Å². The Bertz CT molecular complexity index is 350. The molecule has 4 atom stereocenters. The fourth-order valence-electron chi connectivity index (χ4n) is 1.26. The van der Waals surface area contributed by atoms with Crippen LogP contribution in [0.4, 0.5) is 0 Å². The number of hydrogen-bond acceptors (Lipinski definition) is 7.